The largest absolute Gasteiger partial charge is 0.494 e. The van der Waals surface area contributed by atoms with Crippen LogP contribution in [0.25, 0.3) is 11.0 Å². The summed E-state index contributed by atoms with van der Waals surface area (Å²) >= 11 is 0. The van der Waals surface area contributed by atoms with Gasteiger partial charge in [-0.05, 0) is 66.1 Å². The van der Waals surface area contributed by atoms with Gasteiger partial charge in [0.15, 0.2) is 0 Å². The number of amides is 1. The molecule has 1 heterocycles. The second kappa shape index (κ2) is 12.1. The van der Waals surface area contributed by atoms with Crippen molar-refractivity contribution < 1.29 is 9.53 Å². The molecule has 0 aliphatic heterocycles. The first-order chi connectivity index (χ1) is 17.8. The predicted octanol–water partition coefficient (Wildman–Crippen LogP) is 6.40. The number of hydrogen-bond donors (Lipinski definition) is 1. The Balaban J connectivity index is 1.29. The van der Waals surface area contributed by atoms with Crippen molar-refractivity contribution in [3.63, 3.8) is 0 Å². The minimum atomic E-state index is 0.0653. The van der Waals surface area contributed by atoms with E-state index in [1.807, 2.05) is 37.3 Å². The van der Waals surface area contributed by atoms with Crippen LogP contribution in [0.4, 0.5) is 0 Å². The molecule has 0 bridgehead atoms. The minimum Gasteiger partial charge on any atom is -0.494 e. The number of aryl methyl sites for hydroxylation is 3. The molecule has 0 saturated carbocycles. The molecular formula is C32H39N3O2. The first-order valence-corrected chi connectivity index (χ1v) is 13.3. The Morgan fingerprint density at radius 3 is 2.43 bits per heavy atom. The molecule has 5 heteroatoms. The monoisotopic (exact) mass is 497 g/mol. The van der Waals surface area contributed by atoms with E-state index in [4.69, 9.17) is 9.72 Å². The van der Waals surface area contributed by atoms with E-state index in [-0.39, 0.29) is 11.3 Å². The fourth-order valence-corrected chi connectivity index (χ4v) is 4.55. The van der Waals surface area contributed by atoms with Gasteiger partial charge in [0.05, 0.1) is 24.1 Å². The maximum Gasteiger partial charge on any atom is 0.224 e. The lowest BCUT2D eigenvalue weighted by atomic mass is 9.87. The number of imidazole rings is 1. The summed E-state index contributed by atoms with van der Waals surface area (Å²) in [7, 11) is 0. The standard InChI is InChI=1S/C32H39N3O2/c1-24-11-5-6-12-25(24)23-31(36)33-20-9-15-30-34-28-13-7-8-14-29(28)35(30)21-10-22-37-27-18-16-26(17-19-27)32(2,3)4/h5-8,11-14,16-19H,9-10,15,20-23H2,1-4H3,(H,33,36). The van der Waals surface area contributed by atoms with Crippen LogP contribution in [0, 0.1) is 6.92 Å². The second-order valence-electron chi connectivity index (χ2n) is 10.7. The molecule has 5 nitrogen and oxygen atoms in total. The Morgan fingerprint density at radius 1 is 0.946 bits per heavy atom. The molecule has 0 atom stereocenters. The number of benzene rings is 3. The predicted molar refractivity (Wildman–Crippen MR) is 151 cm³/mol. The highest BCUT2D eigenvalue weighted by Gasteiger charge is 2.13. The molecule has 3 aromatic carbocycles. The number of carbonyl (C=O) groups is 1. The van der Waals surface area contributed by atoms with Gasteiger partial charge in [0, 0.05) is 19.5 Å². The molecule has 0 radical (unpaired) electrons. The number of hydrogen-bond acceptors (Lipinski definition) is 3. The van der Waals surface area contributed by atoms with Gasteiger partial charge in [0.25, 0.3) is 0 Å². The number of ether oxygens (including phenoxy) is 1. The fourth-order valence-electron chi connectivity index (χ4n) is 4.55. The van der Waals surface area contributed by atoms with E-state index in [2.05, 4.69) is 73.1 Å². The number of nitrogens with one attached hydrogen (secondary N) is 1. The van der Waals surface area contributed by atoms with Gasteiger partial charge in [-0.15, -0.1) is 0 Å². The highest BCUT2D eigenvalue weighted by molar-refractivity contribution is 5.79. The average molecular weight is 498 g/mol. The third-order valence-corrected chi connectivity index (χ3v) is 6.76. The van der Waals surface area contributed by atoms with Crippen molar-refractivity contribution in [2.24, 2.45) is 0 Å². The molecule has 1 amide bonds. The Morgan fingerprint density at radius 2 is 1.68 bits per heavy atom. The highest BCUT2D eigenvalue weighted by Crippen LogP contribution is 2.24. The lowest BCUT2D eigenvalue weighted by Crippen LogP contribution is -2.26. The summed E-state index contributed by atoms with van der Waals surface area (Å²) in [4.78, 5) is 17.3. The van der Waals surface area contributed by atoms with Crippen molar-refractivity contribution in [3.05, 3.63) is 95.3 Å². The zero-order chi connectivity index (χ0) is 26.3. The van der Waals surface area contributed by atoms with Crippen LogP contribution < -0.4 is 10.1 Å². The van der Waals surface area contributed by atoms with Gasteiger partial charge < -0.3 is 14.6 Å². The van der Waals surface area contributed by atoms with E-state index in [0.717, 1.165) is 59.5 Å². The third-order valence-electron chi connectivity index (χ3n) is 6.76. The number of nitrogens with zero attached hydrogens (tertiary/aromatic N) is 2. The molecule has 4 rings (SSSR count). The highest BCUT2D eigenvalue weighted by atomic mass is 16.5. The summed E-state index contributed by atoms with van der Waals surface area (Å²) < 4.78 is 8.33. The topological polar surface area (TPSA) is 56.2 Å². The Labute approximate surface area is 220 Å². The lowest BCUT2D eigenvalue weighted by molar-refractivity contribution is -0.120. The number of para-hydroxylation sites is 2. The van der Waals surface area contributed by atoms with E-state index in [0.29, 0.717) is 19.6 Å². The van der Waals surface area contributed by atoms with Crippen molar-refractivity contribution in [1.29, 1.82) is 0 Å². The molecule has 1 aromatic heterocycles. The van der Waals surface area contributed by atoms with E-state index < -0.39 is 0 Å². The fraction of sp³-hybridized carbons (Fsp3) is 0.375. The Kier molecular flexibility index (Phi) is 8.65. The molecule has 0 aliphatic carbocycles. The smallest absolute Gasteiger partial charge is 0.224 e. The van der Waals surface area contributed by atoms with E-state index >= 15 is 0 Å². The maximum atomic E-state index is 12.4. The van der Waals surface area contributed by atoms with Crippen molar-refractivity contribution in [1.82, 2.24) is 14.9 Å². The maximum absolute atomic E-state index is 12.4. The quantitative estimate of drug-likeness (QED) is 0.244. The number of carbonyl (C=O) groups excluding carboxylic acids is 1. The second-order valence-corrected chi connectivity index (χ2v) is 10.7. The van der Waals surface area contributed by atoms with E-state index in [1.54, 1.807) is 0 Å². The third kappa shape index (κ3) is 7.22. The van der Waals surface area contributed by atoms with E-state index in [9.17, 15) is 4.79 Å². The van der Waals surface area contributed by atoms with Crippen LogP contribution in [-0.4, -0.2) is 28.6 Å². The van der Waals surface area contributed by atoms with Crippen molar-refractivity contribution in [3.8, 4) is 5.75 Å². The lowest BCUT2D eigenvalue weighted by Gasteiger charge is -2.19. The van der Waals surface area contributed by atoms with Crippen LogP contribution in [0.1, 0.15) is 56.1 Å². The van der Waals surface area contributed by atoms with Gasteiger partial charge >= 0.3 is 0 Å². The summed E-state index contributed by atoms with van der Waals surface area (Å²) in [5, 5.41) is 3.07. The molecule has 1 N–H and O–H groups in total. The van der Waals surface area contributed by atoms with Crippen molar-refractivity contribution >= 4 is 16.9 Å². The van der Waals surface area contributed by atoms with Crippen LogP contribution in [0.2, 0.25) is 0 Å². The van der Waals surface area contributed by atoms with Gasteiger partial charge in [-0.2, -0.15) is 0 Å². The zero-order valence-corrected chi connectivity index (χ0v) is 22.6. The molecule has 4 aromatic rings. The van der Waals surface area contributed by atoms with Gasteiger partial charge in [-0.25, -0.2) is 4.98 Å². The number of aromatic nitrogens is 2. The molecule has 194 valence electrons. The van der Waals surface area contributed by atoms with Crippen LogP contribution in [0.3, 0.4) is 0 Å². The van der Waals surface area contributed by atoms with Crippen molar-refractivity contribution in [2.75, 3.05) is 13.2 Å². The summed E-state index contributed by atoms with van der Waals surface area (Å²) in [6, 6.07) is 24.7. The van der Waals surface area contributed by atoms with Gasteiger partial charge in [0.1, 0.15) is 11.6 Å². The normalized spacial score (nSPS) is 11.6. The Bertz CT molecular complexity index is 1320. The SMILES string of the molecule is Cc1ccccc1CC(=O)NCCCc1nc2ccccc2n1CCCOc1ccc(C(C)(C)C)cc1. The zero-order valence-electron chi connectivity index (χ0n) is 22.6. The number of rotatable bonds is 11. The first kappa shape index (κ1) is 26.5. The molecule has 0 unspecified atom stereocenters. The summed E-state index contributed by atoms with van der Waals surface area (Å²) in [6.45, 7) is 10.8. The van der Waals surface area contributed by atoms with Crippen LogP contribution in [-0.2, 0) is 29.6 Å². The summed E-state index contributed by atoms with van der Waals surface area (Å²) in [6.07, 6.45) is 2.97. The van der Waals surface area contributed by atoms with E-state index in [1.165, 1.54) is 5.56 Å². The van der Waals surface area contributed by atoms with Crippen molar-refractivity contribution in [2.45, 2.75) is 65.3 Å². The first-order valence-electron chi connectivity index (χ1n) is 13.3. The van der Waals surface area contributed by atoms with Crippen LogP contribution >= 0.6 is 0 Å². The minimum absolute atomic E-state index is 0.0653. The molecular weight excluding hydrogens is 458 g/mol. The summed E-state index contributed by atoms with van der Waals surface area (Å²) in [5.74, 6) is 2.03. The van der Waals surface area contributed by atoms with Crippen LogP contribution in [0.5, 0.6) is 5.75 Å². The number of fused-ring (bicyclic) bond motifs is 1. The molecule has 0 saturated heterocycles. The molecule has 37 heavy (non-hydrogen) atoms. The molecule has 0 spiro atoms. The Hall–Kier alpha value is -3.60. The van der Waals surface area contributed by atoms with Crippen LogP contribution in [0.15, 0.2) is 72.8 Å². The van der Waals surface area contributed by atoms with Gasteiger partial charge in [-0.1, -0.05) is 69.3 Å². The van der Waals surface area contributed by atoms with Gasteiger partial charge in [0.2, 0.25) is 5.91 Å². The average Bonchev–Trinajstić information content (AvgIpc) is 3.23. The molecule has 0 fully saturated rings. The summed E-state index contributed by atoms with van der Waals surface area (Å²) in [5.41, 5.74) is 5.84. The molecule has 0 aliphatic rings. The van der Waals surface area contributed by atoms with Gasteiger partial charge in [-0.3, -0.25) is 4.79 Å².